The van der Waals surface area contributed by atoms with Crippen LogP contribution in [0, 0.1) is 0 Å². The average Bonchev–Trinajstić information content (AvgIpc) is 1.85. The number of hydrogen-bond donors (Lipinski definition) is 1. The Labute approximate surface area is 68.9 Å². The van der Waals surface area contributed by atoms with Crippen LogP contribution in [0.15, 0.2) is 0 Å². The Kier molecular flexibility index (Phi) is 4.00. The van der Waals surface area contributed by atoms with Crippen molar-refractivity contribution in [2.45, 2.75) is 0 Å². The van der Waals surface area contributed by atoms with Crippen LogP contribution in [0.5, 0.6) is 0 Å². The molecule has 0 aromatic carbocycles. The third-order valence-corrected chi connectivity index (χ3v) is 3.75. The summed E-state index contributed by atoms with van der Waals surface area (Å²) in [7, 11) is -8.73. The fourth-order valence-corrected chi connectivity index (χ4v) is 2.62. The third kappa shape index (κ3) is 4.57. The van der Waals surface area contributed by atoms with Crippen LogP contribution in [0.2, 0.25) is 0 Å². The SMILES string of the molecule is O=S(=O)(CF)NS(=O)(=O)CCF. The number of sulfonamides is 2. The van der Waals surface area contributed by atoms with Gasteiger partial charge in [-0.1, -0.05) is 0 Å². The molecule has 1 N–H and O–H groups in total. The van der Waals surface area contributed by atoms with E-state index in [9.17, 15) is 25.6 Å². The highest BCUT2D eigenvalue weighted by molar-refractivity contribution is 8.04. The van der Waals surface area contributed by atoms with Crippen molar-refractivity contribution in [3.05, 3.63) is 0 Å². The molecule has 12 heavy (non-hydrogen) atoms. The fourth-order valence-electron chi connectivity index (χ4n) is 0.359. The van der Waals surface area contributed by atoms with Crippen molar-refractivity contribution in [1.82, 2.24) is 4.13 Å². The summed E-state index contributed by atoms with van der Waals surface area (Å²) in [5.74, 6) is -0.994. The van der Waals surface area contributed by atoms with Gasteiger partial charge in [0.05, 0.1) is 5.75 Å². The molecule has 0 bridgehead atoms. The van der Waals surface area contributed by atoms with E-state index >= 15 is 0 Å². The molecule has 0 spiro atoms. The maximum Gasteiger partial charge on any atom is 0.253 e. The van der Waals surface area contributed by atoms with Crippen molar-refractivity contribution in [2.75, 3.05) is 18.4 Å². The van der Waals surface area contributed by atoms with Gasteiger partial charge in [-0.3, -0.25) is 0 Å². The summed E-state index contributed by atoms with van der Waals surface area (Å²) in [6, 6.07) is -1.85. The van der Waals surface area contributed by atoms with Crippen molar-refractivity contribution < 1.29 is 25.6 Å². The van der Waals surface area contributed by atoms with Gasteiger partial charge < -0.3 is 0 Å². The zero-order chi connectivity index (χ0) is 9.83. The quantitative estimate of drug-likeness (QED) is 0.657. The summed E-state index contributed by atoms with van der Waals surface area (Å²) in [5.41, 5.74) is 0. The molecule has 74 valence electrons. The monoisotopic (exact) mass is 223 g/mol. The highest BCUT2D eigenvalue weighted by atomic mass is 32.3. The molecule has 0 fully saturated rings. The predicted molar refractivity (Wildman–Crippen MR) is 37.8 cm³/mol. The van der Waals surface area contributed by atoms with Crippen LogP contribution in [0.1, 0.15) is 0 Å². The van der Waals surface area contributed by atoms with Gasteiger partial charge in [-0.05, 0) is 0 Å². The molecule has 0 aliphatic carbocycles. The third-order valence-electron chi connectivity index (χ3n) is 0.743. The number of halogens is 2. The van der Waals surface area contributed by atoms with E-state index in [0.717, 1.165) is 4.13 Å². The smallest absolute Gasteiger partial charge is 0.250 e. The van der Waals surface area contributed by atoms with Crippen LogP contribution in [0.4, 0.5) is 8.78 Å². The van der Waals surface area contributed by atoms with E-state index in [2.05, 4.69) is 0 Å². The summed E-state index contributed by atoms with van der Waals surface area (Å²) >= 11 is 0. The Bertz CT molecular complexity index is 320. The summed E-state index contributed by atoms with van der Waals surface area (Å²) < 4.78 is 65.6. The molecule has 0 saturated heterocycles. The van der Waals surface area contributed by atoms with Crippen LogP contribution in [-0.4, -0.2) is 35.3 Å². The Hall–Kier alpha value is -0.280. The van der Waals surface area contributed by atoms with E-state index < -0.39 is 38.5 Å². The lowest BCUT2D eigenvalue weighted by Crippen LogP contribution is -2.33. The molecule has 0 heterocycles. The molecule has 0 aliphatic rings. The van der Waals surface area contributed by atoms with E-state index in [1.807, 2.05) is 0 Å². The van der Waals surface area contributed by atoms with Gasteiger partial charge in [-0.15, -0.1) is 4.13 Å². The first-order valence-corrected chi connectivity index (χ1v) is 5.99. The lowest BCUT2D eigenvalue weighted by Gasteiger charge is -2.01. The van der Waals surface area contributed by atoms with Crippen LogP contribution in [0.3, 0.4) is 0 Å². The summed E-state index contributed by atoms with van der Waals surface area (Å²) in [6.07, 6.45) is 0. The molecule has 5 nitrogen and oxygen atoms in total. The average molecular weight is 223 g/mol. The normalized spacial score (nSPS) is 13.2. The van der Waals surface area contributed by atoms with Crippen LogP contribution < -0.4 is 4.13 Å². The molecule has 9 heteroatoms. The van der Waals surface area contributed by atoms with E-state index in [1.54, 1.807) is 0 Å². The standard InChI is InChI=1S/C3H7F2NO4S2/c4-1-2-11(7,8)6-12(9,10)3-5/h6H,1-3H2. The molecule has 0 atom stereocenters. The van der Waals surface area contributed by atoms with Crippen molar-refractivity contribution in [1.29, 1.82) is 0 Å². The molecular weight excluding hydrogens is 216 g/mol. The highest BCUT2D eigenvalue weighted by Gasteiger charge is 2.19. The second kappa shape index (κ2) is 4.10. The van der Waals surface area contributed by atoms with E-state index in [-0.39, 0.29) is 0 Å². The lowest BCUT2D eigenvalue weighted by molar-refractivity contribution is 0.512. The molecule has 0 aromatic heterocycles. The topological polar surface area (TPSA) is 80.3 Å². The lowest BCUT2D eigenvalue weighted by atomic mass is 10.9. The minimum absolute atomic E-state index is 0.994. The van der Waals surface area contributed by atoms with Crippen molar-refractivity contribution in [3.8, 4) is 0 Å². The highest BCUT2D eigenvalue weighted by Crippen LogP contribution is 1.91. The van der Waals surface area contributed by atoms with Gasteiger partial charge >= 0.3 is 0 Å². The first-order valence-electron chi connectivity index (χ1n) is 2.69. The second-order valence-corrected chi connectivity index (χ2v) is 5.57. The van der Waals surface area contributed by atoms with Gasteiger partial charge in [0.1, 0.15) is 6.67 Å². The summed E-state index contributed by atoms with van der Waals surface area (Å²) in [4.78, 5) is 0. The van der Waals surface area contributed by atoms with E-state index in [1.165, 1.54) is 0 Å². The van der Waals surface area contributed by atoms with Gasteiger partial charge in [0.15, 0.2) is 0 Å². The fraction of sp³-hybridized carbons (Fsp3) is 1.00. The molecule has 0 unspecified atom stereocenters. The molecule has 0 radical (unpaired) electrons. The predicted octanol–water partition coefficient (Wildman–Crippen LogP) is -0.868. The first kappa shape index (κ1) is 11.7. The number of hydrogen-bond acceptors (Lipinski definition) is 4. The Morgan fingerprint density at radius 1 is 1.00 bits per heavy atom. The van der Waals surface area contributed by atoms with Crippen LogP contribution in [-0.2, 0) is 20.0 Å². The molecule has 0 aromatic rings. The summed E-state index contributed by atoms with van der Waals surface area (Å²) in [6.45, 7) is -1.23. The van der Waals surface area contributed by atoms with Crippen molar-refractivity contribution in [3.63, 3.8) is 0 Å². The van der Waals surface area contributed by atoms with Gasteiger partial charge in [0, 0.05) is 0 Å². The zero-order valence-corrected chi connectivity index (χ0v) is 7.46. The van der Waals surface area contributed by atoms with Gasteiger partial charge in [0.25, 0.3) is 10.0 Å². The summed E-state index contributed by atoms with van der Waals surface area (Å²) in [5, 5.41) is 0. The molecular formula is C3H7F2NO4S2. The number of nitrogens with one attached hydrogen (secondary N) is 1. The molecule has 0 aliphatic heterocycles. The Morgan fingerprint density at radius 3 is 1.83 bits per heavy atom. The van der Waals surface area contributed by atoms with Crippen molar-refractivity contribution >= 4 is 20.0 Å². The minimum Gasteiger partial charge on any atom is -0.250 e. The molecule has 0 amide bonds. The van der Waals surface area contributed by atoms with Crippen LogP contribution in [0.25, 0.3) is 0 Å². The van der Waals surface area contributed by atoms with E-state index in [0.29, 0.717) is 0 Å². The first-order chi connectivity index (χ1) is 5.33. The number of alkyl halides is 2. The molecule has 0 rings (SSSR count). The van der Waals surface area contributed by atoms with Crippen LogP contribution >= 0.6 is 0 Å². The zero-order valence-electron chi connectivity index (χ0n) is 5.83. The maximum absolute atomic E-state index is 11.5. The van der Waals surface area contributed by atoms with Crippen molar-refractivity contribution in [2.24, 2.45) is 0 Å². The second-order valence-electron chi connectivity index (χ2n) is 1.82. The Balaban J connectivity index is 4.47. The minimum atomic E-state index is -4.47. The van der Waals surface area contributed by atoms with Gasteiger partial charge in [0.2, 0.25) is 16.0 Å². The number of rotatable bonds is 5. The van der Waals surface area contributed by atoms with Gasteiger partial charge in [-0.2, -0.15) is 0 Å². The van der Waals surface area contributed by atoms with Gasteiger partial charge in [-0.25, -0.2) is 25.6 Å². The maximum atomic E-state index is 11.5. The largest absolute Gasteiger partial charge is 0.253 e. The van der Waals surface area contributed by atoms with E-state index in [4.69, 9.17) is 0 Å². The Morgan fingerprint density at radius 2 is 1.50 bits per heavy atom. The molecule has 0 saturated carbocycles.